The van der Waals surface area contributed by atoms with Gasteiger partial charge in [-0.05, 0) is 38.8 Å². The quantitative estimate of drug-likeness (QED) is 0.612. The van der Waals surface area contributed by atoms with Gasteiger partial charge in [0.25, 0.3) is 5.22 Å². The molecule has 1 aromatic carbocycles. The molecule has 108 valence electrons. The minimum absolute atomic E-state index is 0.637. The second kappa shape index (κ2) is 6.31. The van der Waals surface area contributed by atoms with Gasteiger partial charge in [-0.1, -0.05) is 30.3 Å². The standard InChI is InChI=1S/C15H19NO3S/c1-15(2,13(17)18)9-5-6-10-20-14-16-11-7-3-4-8-12(11)19-14/h3-4,7-8H,5-6,9-10H2,1-2H3,(H,17,18). The Bertz CT molecular complexity index is 559. The summed E-state index contributed by atoms with van der Waals surface area (Å²) >= 11 is 1.58. The first kappa shape index (κ1) is 14.9. The minimum Gasteiger partial charge on any atom is -0.481 e. The Balaban J connectivity index is 1.75. The molecule has 0 saturated heterocycles. The van der Waals surface area contributed by atoms with E-state index in [1.54, 1.807) is 25.6 Å². The number of hydrogen-bond donors (Lipinski definition) is 1. The molecule has 1 aromatic heterocycles. The van der Waals surface area contributed by atoms with Crippen LogP contribution in [0.3, 0.4) is 0 Å². The van der Waals surface area contributed by atoms with E-state index < -0.39 is 11.4 Å². The van der Waals surface area contributed by atoms with Crippen LogP contribution in [0.15, 0.2) is 33.9 Å². The van der Waals surface area contributed by atoms with Crippen molar-refractivity contribution in [2.75, 3.05) is 5.75 Å². The molecule has 4 nitrogen and oxygen atoms in total. The molecule has 0 bridgehead atoms. The van der Waals surface area contributed by atoms with E-state index in [9.17, 15) is 4.79 Å². The lowest BCUT2D eigenvalue weighted by Gasteiger charge is -2.18. The average molecular weight is 293 g/mol. The molecule has 0 aliphatic heterocycles. The fraction of sp³-hybridized carbons (Fsp3) is 0.467. The molecule has 1 N–H and O–H groups in total. The third-order valence-electron chi connectivity index (χ3n) is 3.27. The summed E-state index contributed by atoms with van der Waals surface area (Å²) in [6.45, 7) is 3.53. The van der Waals surface area contributed by atoms with Crippen LogP contribution in [0.2, 0.25) is 0 Å². The number of aromatic nitrogens is 1. The summed E-state index contributed by atoms with van der Waals surface area (Å²) in [6, 6.07) is 7.70. The van der Waals surface area contributed by atoms with Gasteiger partial charge in [0, 0.05) is 5.75 Å². The first-order valence-electron chi connectivity index (χ1n) is 6.71. The Morgan fingerprint density at radius 2 is 2.10 bits per heavy atom. The van der Waals surface area contributed by atoms with Gasteiger partial charge in [0.05, 0.1) is 5.41 Å². The summed E-state index contributed by atoms with van der Waals surface area (Å²) in [7, 11) is 0. The molecule has 0 fully saturated rings. The Morgan fingerprint density at radius 1 is 1.35 bits per heavy atom. The van der Waals surface area contributed by atoms with Crippen LogP contribution in [0, 0.1) is 5.41 Å². The van der Waals surface area contributed by atoms with E-state index in [2.05, 4.69) is 4.98 Å². The van der Waals surface area contributed by atoms with Gasteiger partial charge in [0.2, 0.25) is 0 Å². The number of carboxylic acid groups (broad SMARTS) is 1. The van der Waals surface area contributed by atoms with Crippen molar-refractivity contribution in [2.45, 2.75) is 38.3 Å². The second-order valence-corrected chi connectivity index (χ2v) is 6.49. The van der Waals surface area contributed by atoms with Crippen molar-refractivity contribution in [2.24, 2.45) is 5.41 Å². The van der Waals surface area contributed by atoms with Gasteiger partial charge in [-0.15, -0.1) is 0 Å². The van der Waals surface area contributed by atoms with Crippen LogP contribution < -0.4 is 0 Å². The zero-order valence-electron chi connectivity index (χ0n) is 11.8. The highest BCUT2D eigenvalue weighted by atomic mass is 32.2. The number of unbranched alkanes of at least 4 members (excludes halogenated alkanes) is 1. The molecule has 0 amide bonds. The highest BCUT2D eigenvalue weighted by molar-refractivity contribution is 7.99. The maximum absolute atomic E-state index is 11.0. The number of hydrogen-bond acceptors (Lipinski definition) is 4. The highest BCUT2D eigenvalue weighted by Gasteiger charge is 2.25. The lowest BCUT2D eigenvalue weighted by molar-refractivity contribution is -0.147. The Kier molecular flexibility index (Phi) is 4.70. The molecular formula is C15H19NO3S. The van der Waals surface area contributed by atoms with E-state index >= 15 is 0 Å². The first-order valence-corrected chi connectivity index (χ1v) is 7.69. The monoisotopic (exact) mass is 293 g/mol. The number of benzene rings is 1. The molecule has 2 aromatic rings. The summed E-state index contributed by atoms with van der Waals surface area (Å²) in [5.41, 5.74) is 1.05. The van der Waals surface area contributed by atoms with Crippen LogP contribution in [0.4, 0.5) is 0 Å². The van der Waals surface area contributed by atoms with Crippen molar-refractivity contribution < 1.29 is 14.3 Å². The fourth-order valence-corrected chi connectivity index (χ4v) is 2.68. The van der Waals surface area contributed by atoms with E-state index in [0.717, 1.165) is 29.7 Å². The number of aliphatic carboxylic acids is 1. The third kappa shape index (κ3) is 3.76. The maximum atomic E-state index is 11.0. The van der Waals surface area contributed by atoms with Crippen LogP contribution in [0.25, 0.3) is 11.1 Å². The van der Waals surface area contributed by atoms with Gasteiger partial charge in [-0.3, -0.25) is 4.79 Å². The number of para-hydroxylation sites is 2. The van der Waals surface area contributed by atoms with E-state index in [4.69, 9.17) is 9.52 Å². The molecule has 20 heavy (non-hydrogen) atoms. The Hall–Kier alpha value is -1.49. The fourth-order valence-electron chi connectivity index (χ4n) is 1.85. The SMILES string of the molecule is CC(C)(CCCCSc1nc2ccccc2o1)C(=O)O. The molecule has 0 atom stereocenters. The molecule has 0 spiro atoms. The topological polar surface area (TPSA) is 63.3 Å². The normalized spacial score (nSPS) is 11.9. The van der Waals surface area contributed by atoms with Gasteiger partial charge in [0.1, 0.15) is 5.52 Å². The van der Waals surface area contributed by atoms with Gasteiger partial charge >= 0.3 is 5.97 Å². The summed E-state index contributed by atoms with van der Waals surface area (Å²) in [5, 5.41) is 9.71. The van der Waals surface area contributed by atoms with E-state index in [1.165, 1.54) is 0 Å². The lowest BCUT2D eigenvalue weighted by atomic mass is 9.88. The molecule has 0 aliphatic rings. The summed E-state index contributed by atoms with van der Waals surface area (Å²) in [4.78, 5) is 15.4. The van der Waals surface area contributed by atoms with Crippen molar-refractivity contribution in [3.05, 3.63) is 24.3 Å². The van der Waals surface area contributed by atoms with Gasteiger partial charge in [-0.2, -0.15) is 0 Å². The van der Waals surface area contributed by atoms with E-state index in [1.807, 2.05) is 24.3 Å². The molecule has 5 heteroatoms. The van der Waals surface area contributed by atoms with Crippen molar-refractivity contribution >= 4 is 28.8 Å². The van der Waals surface area contributed by atoms with E-state index in [-0.39, 0.29) is 0 Å². The molecule has 0 radical (unpaired) electrons. The van der Waals surface area contributed by atoms with Crippen LogP contribution in [0.5, 0.6) is 0 Å². The number of oxazole rings is 1. The van der Waals surface area contributed by atoms with E-state index in [0.29, 0.717) is 11.6 Å². The van der Waals surface area contributed by atoms with Gasteiger partial charge in [-0.25, -0.2) is 4.98 Å². The Morgan fingerprint density at radius 3 is 2.80 bits per heavy atom. The van der Waals surface area contributed by atoms with Crippen LogP contribution in [-0.2, 0) is 4.79 Å². The van der Waals surface area contributed by atoms with Crippen LogP contribution in [0.1, 0.15) is 33.1 Å². The number of nitrogens with zero attached hydrogens (tertiary/aromatic N) is 1. The summed E-state index contributed by atoms with van der Waals surface area (Å²) < 4.78 is 5.61. The maximum Gasteiger partial charge on any atom is 0.309 e. The predicted octanol–water partition coefficient (Wildman–Crippen LogP) is 4.20. The van der Waals surface area contributed by atoms with Crippen molar-refractivity contribution in [3.8, 4) is 0 Å². The smallest absolute Gasteiger partial charge is 0.309 e. The number of thioether (sulfide) groups is 1. The highest BCUT2D eigenvalue weighted by Crippen LogP contribution is 2.26. The Labute approximate surface area is 122 Å². The zero-order valence-corrected chi connectivity index (χ0v) is 12.6. The molecular weight excluding hydrogens is 274 g/mol. The van der Waals surface area contributed by atoms with Gasteiger partial charge < -0.3 is 9.52 Å². The molecule has 1 heterocycles. The zero-order chi connectivity index (χ0) is 14.6. The molecule has 0 saturated carbocycles. The third-order valence-corrected chi connectivity index (χ3v) is 4.19. The van der Waals surface area contributed by atoms with Crippen molar-refractivity contribution in [1.82, 2.24) is 4.98 Å². The molecule has 0 unspecified atom stereocenters. The first-order chi connectivity index (χ1) is 9.49. The predicted molar refractivity (Wildman–Crippen MR) is 80.0 cm³/mol. The number of rotatable bonds is 7. The van der Waals surface area contributed by atoms with Crippen LogP contribution in [-0.4, -0.2) is 21.8 Å². The molecule has 2 rings (SSSR count). The average Bonchev–Trinajstić information content (AvgIpc) is 2.80. The lowest BCUT2D eigenvalue weighted by Crippen LogP contribution is -2.23. The summed E-state index contributed by atoms with van der Waals surface area (Å²) in [6.07, 6.45) is 2.54. The number of fused-ring (bicyclic) bond motifs is 1. The summed E-state index contributed by atoms with van der Waals surface area (Å²) in [5.74, 6) is 0.159. The second-order valence-electron chi connectivity index (χ2n) is 5.44. The van der Waals surface area contributed by atoms with Crippen molar-refractivity contribution in [3.63, 3.8) is 0 Å². The molecule has 0 aliphatic carbocycles. The van der Waals surface area contributed by atoms with Gasteiger partial charge in [0.15, 0.2) is 5.58 Å². The minimum atomic E-state index is -0.732. The van der Waals surface area contributed by atoms with Crippen molar-refractivity contribution in [1.29, 1.82) is 0 Å². The largest absolute Gasteiger partial charge is 0.481 e. The number of carboxylic acids is 1. The van der Waals surface area contributed by atoms with Crippen LogP contribution >= 0.6 is 11.8 Å². The number of carbonyl (C=O) groups is 1.